The van der Waals surface area contributed by atoms with Crippen molar-refractivity contribution in [3.63, 3.8) is 0 Å². The number of imide groups is 1. The molecule has 3 aliphatic rings. The van der Waals surface area contributed by atoms with Crippen LogP contribution in [-0.4, -0.2) is 44.9 Å². The first-order chi connectivity index (χ1) is 18.1. The van der Waals surface area contributed by atoms with Crippen LogP contribution in [0.1, 0.15) is 83.5 Å². The van der Waals surface area contributed by atoms with Crippen LogP contribution in [-0.2, 0) is 18.6 Å². The SMILES string of the molecule is CC[C@]1(C)C[C@@H](OC(=O)NC(=O)c2ccc(O)cc2)[C@]2(C)[C@H](C)CC[C@]3(CCC(=O)[C@@H]32)[C@@H](C)[C@@H]1OP(=O)(O)O. The summed E-state index contributed by atoms with van der Waals surface area (Å²) in [6, 6.07) is 5.42. The van der Waals surface area contributed by atoms with E-state index in [2.05, 4.69) is 12.2 Å². The molecule has 0 saturated heterocycles. The van der Waals surface area contributed by atoms with Gasteiger partial charge in [0.2, 0.25) is 0 Å². The number of rotatable bonds is 5. The minimum absolute atomic E-state index is 0.0100. The molecule has 2 bridgehead atoms. The van der Waals surface area contributed by atoms with Crippen LogP contribution in [0.25, 0.3) is 0 Å². The molecule has 1 aromatic rings. The number of ketones is 1. The molecule has 216 valence electrons. The normalized spacial score (nSPS) is 38.3. The quantitative estimate of drug-likeness (QED) is 0.362. The van der Waals surface area contributed by atoms with E-state index in [9.17, 15) is 33.8 Å². The summed E-state index contributed by atoms with van der Waals surface area (Å²) in [6.45, 7) is 9.79. The van der Waals surface area contributed by atoms with Gasteiger partial charge in [-0.3, -0.25) is 19.4 Å². The van der Waals surface area contributed by atoms with E-state index in [1.54, 1.807) is 0 Å². The molecule has 3 saturated carbocycles. The van der Waals surface area contributed by atoms with Gasteiger partial charge >= 0.3 is 13.9 Å². The third kappa shape index (κ3) is 5.17. The molecule has 0 spiro atoms. The zero-order valence-corrected chi connectivity index (χ0v) is 24.1. The summed E-state index contributed by atoms with van der Waals surface area (Å²) < 4.78 is 23.8. The van der Waals surface area contributed by atoms with Gasteiger partial charge in [0, 0.05) is 23.3 Å². The molecule has 0 aliphatic heterocycles. The van der Waals surface area contributed by atoms with Crippen molar-refractivity contribution in [3.8, 4) is 5.75 Å². The number of hydrogen-bond donors (Lipinski definition) is 4. The van der Waals surface area contributed by atoms with Gasteiger partial charge < -0.3 is 19.6 Å². The highest BCUT2D eigenvalue weighted by Gasteiger charge is 2.69. The zero-order valence-electron chi connectivity index (χ0n) is 23.2. The van der Waals surface area contributed by atoms with Crippen molar-refractivity contribution in [1.82, 2.24) is 5.32 Å². The molecule has 1 aromatic carbocycles. The first-order valence-electron chi connectivity index (χ1n) is 13.6. The van der Waals surface area contributed by atoms with Gasteiger partial charge in [-0.2, -0.15) is 0 Å². The van der Waals surface area contributed by atoms with Crippen LogP contribution in [0.3, 0.4) is 0 Å². The van der Waals surface area contributed by atoms with Gasteiger partial charge in [0.1, 0.15) is 17.6 Å². The summed E-state index contributed by atoms with van der Waals surface area (Å²) in [5, 5.41) is 11.7. The van der Waals surface area contributed by atoms with Crippen molar-refractivity contribution < 1.29 is 43.1 Å². The van der Waals surface area contributed by atoms with Crippen molar-refractivity contribution in [1.29, 1.82) is 0 Å². The second-order valence-electron chi connectivity index (χ2n) is 12.4. The molecule has 3 fully saturated rings. The van der Waals surface area contributed by atoms with E-state index < -0.39 is 54.2 Å². The second kappa shape index (κ2) is 10.3. The number of carbonyl (C=O) groups excluding carboxylic acids is 3. The number of Topliss-reactive ketones (excluding diaryl/α,β-unsaturated/α-hetero) is 1. The second-order valence-corrected chi connectivity index (χ2v) is 13.5. The lowest BCUT2D eigenvalue weighted by Crippen LogP contribution is -2.63. The number of phenols is 1. The van der Waals surface area contributed by atoms with E-state index in [1.807, 2.05) is 27.7 Å². The number of benzene rings is 1. The van der Waals surface area contributed by atoms with E-state index in [4.69, 9.17) is 9.26 Å². The predicted molar refractivity (Wildman–Crippen MR) is 142 cm³/mol. The number of aromatic hydroxyl groups is 1. The van der Waals surface area contributed by atoms with E-state index >= 15 is 0 Å². The smallest absolute Gasteiger partial charge is 0.469 e. The maximum atomic E-state index is 13.6. The number of amides is 2. The van der Waals surface area contributed by atoms with Crippen LogP contribution in [0.2, 0.25) is 0 Å². The Bertz CT molecular complexity index is 1180. The molecule has 39 heavy (non-hydrogen) atoms. The maximum absolute atomic E-state index is 13.6. The summed E-state index contributed by atoms with van der Waals surface area (Å²) in [6.07, 6.45) is 0.391. The Morgan fingerprint density at radius 1 is 1.13 bits per heavy atom. The minimum atomic E-state index is -4.89. The standard InChI is InChI=1S/C28H40NO9P/c1-6-26(4)15-21(37-25(33)29-24(32)18-7-9-19(30)10-8-18)27(5)16(2)11-13-28(14-12-20(31)22(27)28)17(3)23(26)38-39(34,35)36/h7-10,16-17,21-23,30H,6,11-15H2,1-5H3,(H,29,32,33)(H2,34,35,36)/t16-,17+,21-,22-,23+,26-,27+,28+/m1/s1. The molecule has 4 N–H and O–H groups in total. The average Bonchev–Trinajstić information content (AvgIpc) is 3.21. The highest BCUT2D eigenvalue weighted by atomic mass is 31.2. The van der Waals surface area contributed by atoms with Crippen molar-refractivity contribution in [2.24, 2.45) is 34.0 Å². The lowest BCUT2D eigenvalue weighted by molar-refractivity contribution is -0.196. The van der Waals surface area contributed by atoms with Gasteiger partial charge in [-0.1, -0.05) is 34.6 Å². The van der Waals surface area contributed by atoms with Crippen molar-refractivity contribution in [2.75, 3.05) is 0 Å². The Labute approximate surface area is 229 Å². The fourth-order valence-electron chi connectivity index (χ4n) is 7.98. The highest BCUT2D eigenvalue weighted by molar-refractivity contribution is 7.46. The molecule has 0 aromatic heterocycles. The third-order valence-corrected chi connectivity index (χ3v) is 11.0. The topological polar surface area (TPSA) is 159 Å². The molecule has 4 rings (SSSR count). The van der Waals surface area contributed by atoms with Gasteiger partial charge in [0.25, 0.3) is 5.91 Å². The molecule has 0 radical (unpaired) electrons. The fraction of sp³-hybridized carbons (Fsp3) is 0.679. The Kier molecular flexibility index (Phi) is 7.84. The van der Waals surface area contributed by atoms with Crippen molar-refractivity contribution in [2.45, 2.75) is 85.4 Å². The van der Waals surface area contributed by atoms with Crippen LogP contribution in [0.5, 0.6) is 5.75 Å². The summed E-state index contributed by atoms with van der Waals surface area (Å²) in [5.74, 6) is -1.46. The lowest BCUT2D eigenvalue weighted by atomic mass is 9.43. The molecule has 10 nitrogen and oxygen atoms in total. The van der Waals surface area contributed by atoms with E-state index in [-0.39, 0.29) is 35.4 Å². The van der Waals surface area contributed by atoms with E-state index in [0.29, 0.717) is 25.7 Å². The number of alkyl carbamates (subject to hydrolysis) is 1. The van der Waals surface area contributed by atoms with E-state index in [1.165, 1.54) is 24.3 Å². The summed E-state index contributed by atoms with van der Waals surface area (Å²) in [7, 11) is -4.89. The van der Waals surface area contributed by atoms with Crippen LogP contribution >= 0.6 is 7.82 Å². The number of phosphoric acid groups is 1. The average molecular weight is 566 g/mol. The highest BCUT2D eigenvalue weighted by Crippen LogP contribution is 2.69. The van der Waals surface area contributed by atoms with Gasteiger partial charge in [-0.15, -0.1) is 0 Å². The van der Waals surface area contributed by atoms with Crippen LogP contribution in [0, 0.1) is 34.0 Å². The fourth-order valence-corrected chi connectivity index (χ4v) is 8.72. The monoisotopic (exact) mass is 565 g/mol. The van der Waals surface area contributed by atoms with Gasteiger partial charge in [-0.25, -0.2) is 9.36 Å². The number of hydrogen-bond acceptors (Lipinski definition) is 7. The third-order valence-electron chi connectivity index (χ3n) is 10.5. The van der Waals surface area contributed by atoms with Crippen LogP contribution in [0.15, 0.2) is 24.3 Å². The largest absolute Gasteiger partial charge is 0.508 e. The molecular weight excluding hydrogens is 525 g/mol. The molecular formula is C28H40NO9P. The number of phenolic OH excluding ortho intramolecular Hbond substituents is 1. The molecule has 8 atom stereocenters. The van der Waals surface area contributed by atoms with Crippen LogP contribution in [0.4, 0.5) is 4.79 Å². The lowest BCUT2D eigenvalue weighted by Gasteiger charge is -2.62. The van der Waals surface area contributed by atoms with Gasteiger partial charge in [-0.05, 0) is 79.0 Å². The first-order valence-corrected chi connectivity index (χ1v) is 15.2. The van der Waals surface area contributed by atoms with Crippen LogP contribution < -0.4 is 5.32 Å². The Morgan fingerprint density at radius 3 is 2.36 bits per heavy atom. The van der Waals surface area contributed by atoms with Gasteiger partial charge in [0.05, 0.1) is 6.10 Å². The molecule has 11 heteroatoms. The van der Waals surface area contributed by atoms with Crippen molar-refractivity contribution in [3.05, 3.63) is 29.8 Å². The number of carbonyl (C=O) groups is 3. The first kappa shape index (κ1) is 29.7. The Balaban J connectivity index is 1.76. The van der Waals surface area contributed by atoms with Crippen molar-refractivity contribution >= 4 is 25.6 Å². The zero-order chi connectivity index (χ0) is 29.0. The van der Waals surface area contributed by atoms with E-state index in [0.717, 1.165) is 6.42 Å². The summed E-state index contributed by atoms with van der Waals surface area (Å²) in [4.78, 5) is 59.3. The summed E-state index contributed by atoms with van der Waals surface area (Å²) >= 11 is 0. The number of ether oxygens (including phenoxy) is 1. The predicted octanol–water partition coefficient (Wildman–Crippen LogP) is 4.96. The molecule has 2 amide bonds. The van der Waals surface area contributed by atoms with Gasteiger partial charge in [0.15, 0.2) is 0 Å². The molecule has 3 aliphatic carbocycles. The molecule has 0 heterocycles. The Hall–Kier alpha value is -2.26. The summed E-state index contributed by atoms with van der Waals surface area (Å²) in [5.41, 5.74) is -1.97. The number of nitrogens with one attached hydrogen (secondary N) is 1. The molecule has 0 unspecified atom stereocenters. The minimum Gasteiger partial charge on any atom is -0.508 e. The number of phosphoric ester groups is 1. The Morgan fingerprint density at radius 2 is 1.77 bits per heavy atom. The maximum Gasteiger partial charge on any atom is 0.469 e.